The van der Waals surface area contributed by atoms with Gasteiger partial charge in [0, 0.05) is 19.2 Å². The molecule has 1 aliphatic rings. The first-order chi connectivity index (χ1) is 12.9. The third kappa shape index (κ3) is 4.58. The molecule has 2 aromatic carbocycles. The van der Waals surface area contributed by atoms with Crippen LogP contribution in [0.1, 0.15) is 29.8 Å². The quantitative estimate of drug-likeness (QED) is 0.732. The van der Waals surface area contributed by atoms with Crippen LogP contribution >= 0.6 is 0 Å². The van der Waals surface area contributed by atoms with Gasteiger partial charge in [-0.25, -0.2) is 0 Å². The highest BCUT2D eigenvalue weighted by Gasteiger charge is 2.20. The fourth-order valence-corrected chi connectivity index (χ4v) is 2.89. The maximum absolute atomic E-state index is 12.6. The summed E-state index contributed by atoms with van der Waals surface area (Å²) in [6.45, 7) is 4.69. The van der Waals surface area contributed by atoms with E-state index in [1.54, 1.807) is 43.1 Å². The molecule has 142 valence electrons. The largest absolute Gasteiger partial charge is 0.486 e. The van der Waals surface area contributed by atoms with Crippen LogP contribution in [0.4, 0.5) is 0 Å². The van der Waals surface area contributed by atoms with Crippen molar-refractivity contribution in [3.63, 3.8) is 0 Å². The summed E-state index contributed by atoms with van der Waals surface area (Å²) in [4.78, 5) is 25.7. The van der Waals surface area contributed by atoms with Crippen molar-refractivity contribution in [2.24, 2.45) is 0 Å². The Morgan fingerprint density at radius 1 is 1.11 bits per heavy atom. The van der Waals surface area contributed by atoms with Crippen molar-refractivity contribution in [2.45, 2.75) is 26.5 Å². The van der Waals surface area contributed by atoms with Crippen molar-refractivity contribution in [1.82, 2.24) is 4.90 Å². The van der Waals surface area contributed by atoms with E-state index < -0.39 is 6.10 Å². The van der Waals surface area contributed by atoms with Gasteiger partial charge in [-0.05, 0) is 43.7 Å². The fourth-order valence-electron chi connectivity index (χ4n) is 2.89. The van der Waals surface area contributed by atoms with Gasteiger partial charge in [0.15, 0.2) is 23.4 Å². The Morgan fingerprint density at radius 2 is 1.85 bits per heavy atom. The highest BCUT2D eigenvalue weighted by atomic mass is 16.6. The number of Topliss-reactive ketones (excluding diaryl/α,β-unsaturated/α-hetero) is 1. The van der Waals surface area contributed by atoms with Crippen molar-refractivity contribution in [1.29, 1.82) is 0 Å². The number of amides is 1. The number of nitrogens with zero attached hydrogens (tertiary/aromatic N) is 1. The van der Waals surface area contributed by atoms with E-state index >= 15 is 0 Å². The molecule has 3 rings (SSSR count). The van der Waals surface area contributed by atoms with Crippen LogP contribution in [0, 0.1) is 0 Å². The number of ketones is 1. The standard InChI is InChI=1S/C21H23NO5/c1-14(23)17-5-4-6-18(12-17)27-15(2)21(24)22(3)13-16-7-8-19-20(11-16)26-10-9-25-19/h4-8,11-12,15H,9-10,13H2,1-3H3. The number of rotatable bonds is 6. The predicted molar refractivity (Wildman–Crippen MR) is 100 cm³/mol. The van der Waals surface area contributed by atoms with Crippen LogP contribution in [0.5, 0.6) is 17.2 Å². The van der Waals surface area contributed by atoms with Crippen molar-refractivity contribution in [3.05, 3.63) is 53.6 Å². The van der Waals surface area contributed by atoms with E-state index in [0.717, 1.165) is 11.3 Å². The Labute approximate surface area is 158 Å². The normalized spacial score (nSPS) is 13.6. The van der Waals surface area contributed by atoms with E-state index in [1.165, 1.54) is 6.92 Å². The topological polar surface area (TPSA) is 65.1 Å². The molecule has 2 aromatic rings. The summed E-state index contributed by atoms with van der Waals surface area (Å²) < 4.78 is 16.8. The van der Waals surface area contributed by atoms with Crippen molar-refractivity contribution < 1.29 is 23.8 Å². The molecule has 0 saturated heterocycles. The van der Waals surface area contributed by atoms with Crippen molar-refractivity contribution >= 4 is 11.7 Å². The lowest BCUT2D eigenvalue weighted by atomic mass is 10.1. The van der Waals surface area contributed by atoms with Crippen molar-refractivity contribution in [3.8, 4) is 17.2 Å². The van der Waals surface area contributed by atoms with Gasteiger partial charge >= 0.3 is 0 Å². The molecule has 0 spiro atoms. The van der Waals surface area contributed by atoms with Crippen LogP contribution in [0.2, 0.25) is 0 Å². The predicted octanol–water partition coefficient (Wildman–Crippen LogP) is 3.09. The zero-order valence-corrected chi connectivity index (χ0v) is 15.7. The number of carbonyl (C=O) groups is 2. The Bertz CT molecular complexity index is 848. The number of likely N-dealkylation sites (N-methyl/N-ethyl adjacent to an activating group) is 1. The van der Waals surface area contributed by atoms with Crippen molar-refractivity contribution in [2.75, 3.05) is 20.3 Å². The third-order valence-corrected chi connectivity index (χ3v) is 4.30. The van der Waals surface area contributed by atoms with E-state index in [2.05, 4.69) is 0 Å². The molecule has 6 nitrogen and oxygen atoms in total. The van der Waals surface area contributed by atoms with Gasteiger partial charge in [0.1, 0.15) is 19.0 Å². The average molecular weight is 369 g/mol. The van der Waals surface area contributed by atoms with Gasteiger partial charge in [0.2, 0.25) is 0 Å². The molecule has 1 amide bonds. The first-order valence-electron chi connectivity index (χ1n) is 8.85. The molecule has 0 N–H and O–H groups in total. The second-order valence-electron chi connectivity index (χ2n) is 6.52. The second kappa shape index (κ2) is 8.12. The highest BCUT2D eigenvalue weighted by Crippen LogP contribution is 2.31. The zero-order valence-electron chi connectivity index (χ0n) is 15.7. The number of hydrogen-bond acceptors (Lipinski definition) is 5. The molecule has 1 unspecified atom stereocenters. The smallest absolute Gasteiger partial charge is 0.263 e. The van der Waals surface area contributed by atoms with E-state index in [1.807, 2.05) is 18.2 Å². The van der Waals surface area contributed by atoms with Crippen LogP contribution in [0.25, 0.3) is 0 Å². The monoisotopic (exact) mass is 369 g/mol. The minimum Gasteiger partial charge on any atom is -0.486 e. The lowest BCUT2D eigenvalue weighted by Crippen LogP contribution is -2.37. The lowest BCUT2D eigenvalue weighted by molar-refractivity contribution is -0.137. The maximum Gasteiger partial charge on any atom is 0.263 e. The van der Waals surface area contributed by atoms with Crippen LogP contribution in [0.15, 0.2) is 42.5 Å². The SMILES string of the molecule is CC(=O)c1cccc(OC(C)C(=O)N(C)Cc2ccc3c(c2)OCCO3)c1. The summed E-state index contributed by atoms with van der Waals surface area (Å²) in [7, 11) is 1.73. The Balaban J connectivity index is 1.62. The number of benzene rings is 2. The molecule has 0 bridgehead atoms. The fraction of sp³-hybridized carbons (Fsp3) is 0.333. The summed E-state index contributed by atoms with van der Waals surface area (Å²) in [5.74, 6) is 1.72. The van der Waals surface area contributed by atoms with Gasteiger partial charge in [-0.15, -0.1) is 0 Å². The lowest BCUT2D eigenvalue weighted by Gasteiger charge is -2.23. The number of carbonyl (C=O) groups excluding carboxylic acids is 2. The number of hydrogen-bond donors (Lipinski definition) is 0. The van der Waals surface area contributed by atoms with Gasteiger partial charge in [-0.3, -0.25) is 9.59 Å². The average Bonchev–Trinajstić information content (AvgIpc) is 2.67. The van der Waals surface area contributed by atoms with Crippen LogP contribution < -0.4 is 14.2 Å². The van der Waals surface area contributed by atoms with Gasteiger partial charge in [0.05, 0.1) is 0 Å². The van der Waals surface area contributed by atoms with E-state index in [4.69, 9.17) is 14.2 Å². The minimum absolute atomic E-state index is 0.0462. The zero-order chi connectivity index (χ0) is 19.4. The summed E-state index contributed by atoms with van der Waals surface area (Å²) in [5, 5.41) is 0. The second-order valence-corrected chi connectivity index (χ2v) is 6.52. The van der Waals surface area contributed by atoms with Gasteiger partial charge < -0.3 is 19.1 Å². The summed E-state index contributed by atoms with van der Waals surface area (Å²) >= 11 is 0. The van der Waals surface area contributed by atoms with Crippen LogP contribution in [-0.4, -0.2) is 43.0 Å². The third-order valence-electron chi connectivity index (χ3n) is 4.30. The van der Waals surface area contributed by atoms with Gasteiger partial charge in [-0.2, -0.15) is 0 Å². The number of fused-ring (bicyclic) bond motifs is 1. The highest BCUT2D eigenvalue weighted by molar-refractivity contribution is 5.94. The molecule has 1 aliphatic heterocycles. The van der Waals surface area contributed by atoms with Crippen LogP contribution in [0.3, 0.4) is 0 Å². The van der Waals surface area contributed by atoms with Crippen LogP contribution in [-0.2, 0) is 11.3 Å². The molecule has 0 aromatic heterocycles. The molecule has 6 heteroatoms. The summed E-state index contributed by atoms with van der Waals surface area (Å²) in [6.07, 6.45) is -0.672. The molecule has 1 heterocycles. The molecular formula is C21H23NO5. The van der Waals surface area contributed by atoms with Gasteiger partial charge in [-0.1, -0.05) is 18.2 Å². The van der Waals surface area contributed by atoms with E-state index in [-0.39, 0.29) is 11.7 Å². The van der Waals surface area contributed by atoms with E-state index in [9.17, 15) is 9.59 Å². The molecule has 0 aliphatic carbocycles. The Morgan fingerprint density at radius 3 is 2.59 bits per heavy atom. The first-order valence-corrected chi connectivity index (χ1v) is 8.85. The maximum atomic E-state index is 12.6. The summed E-state index contributed by atoms with van der Waals surface area (Å²) in [5.41, 5.74) is 1.50. The molecule has 0 saturated carbocycles. The molecule has 0 fully saturated rings. The first kappa shape index (κ1) is 18.8. The Hall–Kier alpha value is -3.02. The molecule has 27 heavy (non-hydrogen) atoms. The molecular weight excluding hydrogens is 346 g/mol. The van der Waals surface area contributed by atoms with Gasteiger partial charge in [0.25, 0.3) is 5.91 Å². The van der Waals surface area contributed by atoms with E-state index in [0.29, 0.717) is 36.8 Å². The minimum atomic E-state index is -0.672. The molecule has 0 radical (unpaired) electrons. The summed E-state index contributed by atoms with van der Waals surface area (Å²) in [6, 6.07) is 12.5. The number of ether oxygens (including phenoxy) is 3. The Kier molecular flexibility index (Phi) is 5.64. The molecule has 1 atom stereocenters.